The van der Waals surface area contributed by atoms with Gasteiger partial charge in [0.2, 0.25) is 0 Å². The number of rotatable bonds is 11. The number of benzene rings is 2. The fourth-order valence-corrected chi connectivity index (χ4v) is 2.49. The summed E-state index contributed by atoms with van der Waals surface area (Å²) in [5.41, 5.74) is 13.8. The number of nitrogens with zero attached hydrogens (tertiary/aromatic N) is 1. The monoisotopic (exact) mass is 434 g/mol. The number of carbonyl (C=O) groups is 1. The van der Waals surface area contributed by atoms with E-state index in [9.17, 15) is 4.79 Å². The van der Waals surface area contributed by atoms with E-state index in [0.717, 1.165) is 24.0 Å². The Morgan fingerprint density at radius 1 is 1.07 bits per heavy atom. The van der Waals surface area contributed by atoms with Gasteiger partial charge in [-0.25, -0.2) is 4.79 Å². The van der Waals surface area contributed by atoms with Gasteiger partial charge in [-0.15, -0.1) is 5.70 Å². The first-order valence-corrected chi connectivity index (χ1v) is 9.54. The van der Waals surface area contributed by atoms with Crippen LogP contribution in [0.4, 0.5) is 0 Å². The molecule has 6 nitrogen and oxygen atoms in total. The van der Waals surface area contributed by atoms with Gasteiger partial charge in [-0.3, -0.25) is 0 Å². The zero-order valence-corrected chi connectivity index (χ0v) is 20.9. The van der Waals surface area contributed by atoms with Gasteiger partial charge in [-0.05, 0) is 60.0 Å². The first kappa shape index (κ1) is 26.4. The van der Waals surface area contributed by atoms with Gasteiger partial charge in [0.05, 0.1) is 18.8 Å². The van der Waals surface area contributed by atoms with Crippen molar-refractivity contribution in [2.24, 2.45) is 5.73 Å². The Morgan fingerprint density at radius 2 is 1.70 bits per heavy atom. The van der Waals surface area contributed by atoms with Gasteiger partial charge >= 0.3 is 57.4 Å². The normalized spacial score (nSPS) is 11.5. The van der Waals surface area contributed by atoms with Gasteiger partial charge in [-0.2, -0.15) is 0 Å². The second-order valence-electron chi connectivity index (χ2n) is 6.41. The molecule has 2 aromatic carbocycles. The van der Waals surface area contributed by atoms with E-state index in [2.05, 4.69) is 36.7 Å². The number of carboxylic acids is 1. The zero-order valence-electron chi connectivity index (χ0n) is 17.8. The second-order valence-corrected chi connectivity index (χ2v) is 6.41. The second kappa shape index (κ2) is 14.4. The standard InChI is InChI=1S/C23H27N2O4.K/c1-3-17-5-7-19(8-6-17)15-28-16-21(13-18(4-2)14-24)25-29-22-11-9-20(10-12-22)23(26)27;/h5-14H,3-4,15-16,24H2,1-2H3,(H,26,27);/q-1;+1/b18-14-,21-13+;. The SMILES string of the molecule is CCC(=C/N)/C=C(\COCc1ccc(CC)cc1)[N-]Oc1ccc(C(=O)O)cc1.[K+]. The number of ether oxygens (including phenoxy) is 1. The Balaban J connectivity index is 0.00000450. The fraction of sp³-hybridized carbons (Fsp3) is 0.261. The summed E-state index contributed by atoms with van der Waals surface area (Å²) in [5.74, 6) is -0.555. The molecule has 2 rings (SSSR count). The summed E-state index contributed by atoms with van der Waals surface area (Å²) >= 11 is 0. The van der Waals surface area contributed by atoms with E-state index in [1.165, 1.54) is 23.9 Å². The molecule has 0 radical (unpaired) electrons. The molecule has 2 aromatic rings. The number of aryl methyl sites for hydroxylation is 1. The van der Waals surface area contributed by atoms with Crippen LogP contribution in [0.3, 0.4) is 0 Å². The summed E-state index contributed by atoms with van der Waals surface area (Å²) in [6.45, 7) is 4.82. The Hall–Kier alpha value is -1.61. The van der Waals surface area contributed by atoms with Crippen LogP contribution in [-0.2, 0) is 17.8 Å². The van der Waals surface area contributed by atoms with Crippen LogP contribution in [0.1, 0.15) is 41.8 Å². The molecule has 0 atom stereocenters. The van der Waals surface area contributed by atoms with Gasteiger partial charge in [0.25, 0.3) is 0 Å². The van der Waals surface area contributed by atoms with Crippen molar-refractivity contribution >= 4 is 5.97 Å². The average molecular weight is 435 g/mol. The third-order valence-electron chi connectivity index (χ3n) is 4.29. The Morgan fingerprint density at radius 3 is 2.23 bits per heavy atom. The summed E-state index contributed by atoms with van der Waals surface area (Å²) in [6, 6.07) is 14.3. The maximum atomic E-state index is 10.9. The van der Waals surface area contributed by atoms with Crippen LogP contribution in [-0.4, -0.2) is 17.7 Å². The molecular formula is C23H27KN2O4. The van der Waals surface area contributed by atoms with Crippen molar-refractivity contribution in [2.75, 3.05) is 6.61 Å². The van der Waals surface area contributed by atoms with Crippen LogP contribution in [0.2, 0.25) is 0 Å². The maximum absolute atomic E-state index is 10.9. The van der Waals surface area contributed by atoms with Crippen molar-refractivity contribution in [2.45, 2.75) is 33.3 Å². The molecule has 0 fully saturated rings. The topological polar surface area (TPSA) is 95.9 Å². The minimum absolute atomic E-state index is 0. The van der Waals surface area contributed by atoms with E-state index < -0.39 is 5.97 Å². The minimum Gasteiger partial charge on any atom is -0.557 e. The molecule has 0 heterocycles. The molecule has 0 aromatic heterocycles. The minimum atomic E-state index is -0.991. The molecule has 0 aliphatic heterocycles. The van der Waals surface area contributed by atoms with Crippen LogP contribution < -0.4 is 62.0 Å². The molecule has 0 aliphatic carbocycles. The maximum Gasteiger partial charge on any atom is 1.00 e. The number of hydrogen-bond donors (Lipinski definition) is 2. The van der Waals surface area contributed by atoms with Crippen molar-refractivity contribution < 1.29 is 70.9 Å². The fourth-order valence-electron chi connectivity index (χ4n) is 2.49. The molecule has 0 bridgehead atoms. The van der Waals surface area contributed by atoms with E-state index in [-0.39, 0.29) is 63.6 Å². The van der Waals surface area contributed by atoms with Gasteiger partial charge in [0.15, 0.2) is 0 Å². The Labute approximate surface area is 220 Å². The van der Waals surface area contributed by atoms with E-state index in [4.69, 9.17) is 20.4 Å². The predicted molar refractivity (Wildman–Crippen MR) is 114 cm³/mol. The summed E-state index contributed by atoms with van der Waals surface area (Å²) in [4.78, 5) is 16.4. The molecule has 0 aliphatic rings. The van der Waals surface area contributed by atoms with E-state index >= 15 is 0 Å². The zero-order chi connectivity index (χ0) is 21.1. The molecule has 0 spiro atoms. The van der Waals surface area contributed by atoms with Crippen LogP contribution in [0.5, 0.6) is 5.75 Å². The molecular weight excluding hydrogens is 407 g/mol. The number of hydrogen-bond acceptors (Lipinski definition) is 4. The van der Waals surface area contributed by atoms with E-state index in [1.807, 2.05) is 13.0 Å². The largest absolute Gasteiger partial charge is 1.00 e. The number of aromatic carboxylic acids is 1. The molecule has 154 valence electrons. The third kappa shape index (κ3) is 9.03. The van der Waals surface area contributed by atoms with Gasteiger partial charge in [-0.1, -0.05) is 44.2 Å². The van der Waals surface area contributed by atoms with Crippen molar-refractivity contribution in [1.29, 1.82) is 0 Å². The summed E-state index contributed by atoms with van der Waals surface area (Å²) in [7, 11) is 0. The van der Waals surface area contributed by atoms with Crippen molar-refractivity contribution in [3.05, 3.63) is 94.2 Å². The summed E-state index contributed by atoms with van der Waals surface area (Å²) < 4.78 is 5.80. The first-order chi connectivity index (χ1) is 14.0. The van der Waals surface area contributed by atoms with Gasteiger partial charge in [0, 0.05) is 0 Å². The molecule has 0 unspecified atom stereocenters. The van der Waals surface area contributed by atoms with Crippen LogP contribution in [0.25, 0.3) is 5.48 Å². The number of carboxylic acid groups (broad SMARTS) is 1. The van der Waals surface area contributed by atoms with Gasteiger partial charge < -0.3 is 25.9 Å². The Kier molecular flexibility index (Phi) is 12.7. The first-order valence-electron chi connectivity index (χ1n) is 9.54. The van der Waals surface area contributed by atoms with Crippen LogP contribution >= 0.6 is 0 Å². The predicted octanol–water partition coefficient (Wildman–Crippen LogP) is 1.97. The number of allylic oxidation sites excluding steroid dienone is 2. The molecule has 3 N–H and O–H groups in total. The summed E-state index contributed by atoms with van der Waals surface area (Å²) in [5, 5.41) is 8.96. The molecule has 7 heteroatoms. The summed E-state index contributed by atoms with van der Waals surface area (Å²) in [6.07, 6.45) is 5.11. The van der Waals surface area contributed by atoms with E-state index in [1.54, 1.807) is 12.1 Å². The Bertz CT molecular complexity index is 847. The van der Waals surface area contributed by atoms with Crippen molar-refractivity contribution in [3.8, 4) is 5.75 Å². The quantitative estimate of drug-likeness (QED) is 0.320. The van der Waals surface area contributed by atoms with Crippen molar-refractivity contribution in [1.82, 2.24) is 0 Å². The number of nitrogens with two attached hydrogens (primary N) is 1. The average Bonchev–Trinajstić information content (AvgIpc) is 2.76. The smallest absolute Gasteiger partial charge is 0.557 e. The molecule has 0 amide bonds. The third-order valence-corrected chi connectivity index (χ3v) is 4.29. The van der Waals surface area contributed by atoms with Crippen LogP contribution in [0.15, 0.2) is 72.1 Å². The molecule has 0 saturated heterocycles. The van der Waals surface area contributed by atoms with Gasteiger partial charge in [0.1, 0.15) is 5.75 Å². The molecule has 0 saturated carbocycles. The molecule has 30 heavy (non-hydrogen) atoms. The van der Waals surface area contributed by atoms with Crippen LogP contribution in [0, 0.1) is 0 Å². The number of hydroxylamine groups is 1. The van der Waals surface area contributed by atoms with E-state index in [0.29, 0.717) is 18.1 Å². The van der Waals surface area contributed by atoms with Crippen molar-refractivity contribution in [3.63, 3.8) is 0 Å².